The van der Waals surface area contributed by atoms with Crippen molar-refractivity contribution in [1.82, 2.24) is 0 Å². The van der Waals surface area contributed by atoms with Crippen molar-refractivity contribution in [2.45, 2.75) is 12.1 Å². The van der Waals surface area contributed by atoms with E-state index < -0.39 is 22.0 Å². The van der Waals surface area contributed by atoms with Crippen LogP contribution in [0.1, 0.15) is 5.56 Å². The molecule has 1 aliphatic rings. The Labute approximate surface area is 108 Å². The monoisotopic (exact) mass is 317 g/mol. The van der Waals surface area contributed by atoms with Gasteiger partial charge in [0, 0.05) is 10.7 Å². The van der Waals surface area contributed by atoms with Gasteiger partial charge in [0.25, 0.3) is 0 Å². The van der Waals surface area contributed by atoms with E-state index in [4.69, 9.17) is 0 Å². The summed E-state index contributed by atoms with van der Waals surface area (Å²) in [5, 5.41) is 9.55. The molecule has 4 nitrogen and oxygen atoms in total. The van der Waals surface area contributed by atoms with Gasteiger partial charge in [0.2, 0.25) is 0 Å². The molecular weight excluding hydrogens is 306 g/mol. The number of halogens is 1. The van der Waals surface area contributed by atoms with E-state index >= 15 is 0 Å². The van der Waals surface area contributed by atoms with Gasteiger partial charge in [-0.15, -0.1) is 0 Å². The molecular formula is C11H12BrNO3S. The van der Waals surface area contributed by atoms with E-state index in [1.165, 1.54) is 0 Å². The van der Waals surface area contributed by atoms with Gasteiger partial charge >= 0.3 is 0 Å². The lowest BCUT2D eigenvalue weighted by molar-refractivity contribution is 0.184. The topological polar surface area (TPSA) is 66.7 Å². The van der Waals surface area contributed by atoms with Crippen LogP contribution >= 0.6 is 15.9 Å². The summed E-state index contributed by atoms with van der Waals surface area (Å²) in [6.07, 6.45) is 0.716. The van der Waals surface area contributed by atoms with E-state index in [1.54, 1.807) is 6.21 Å². The summed E-state index contributed by atoms with van der Waals surface area (Å²) < 4.78 is 23.5. The normalized spacial score (nSPS) is 27.6. The average molecular weight is 318 g/mol. The van der Waals surface area contributed by atoms with Gasteiger partial charge in [-0.1, -0.05) is 28.1 Å². The Bertz CT molecular complexity index is 524. The van der Waals surface area contributed by atoms with Crippen molar-refractivity contribution in [2.24, 2.45) is 4.99 Å². The second kappa shape index (κ2) is 4.88. The average Bonchev–Trinajstić information content (AvgIpc) is 2.51. The number of hydrogen-bond acceptors (Lipinski definition) is 4. The van der Waals surface area contributed by atoms with Gasteiger partial charge in [-0.05, 0) is 17.7 Å². The first-order valence-electron chi connectivity index (χ1n) is 5.13. The minimum absolute atomic E-state index is 0.0683. The first-order valence-corrected chi connectivity index (χ1v) is 7.75. The summed E-state index contributed by atoms with van der Waals surface area (Å²) in [4.78, 5) is 4.13. The van der Waals surface area contributed by atoms with Crippen molar-refractivity contribution in [2.75, 3.05) is 11.5 Å². The number of hydrogen-bond donors (Lipinski definition) is 1. The molecule has 0 radical (unpaired) electrons. The number of rotatable bonds is 2. The lowest BCUT2D eigenvalue weighted by Gasteiger charge is -2.05. The predicted octanol–water partition coefficient (Wildman–Crippen LogP) is 1.03. The van der Waals surface area contributed by atoms with Crippen molar-refractivity contribution in [3.63, 3.8) is 0 Å². The molecule has 1 aliphatic heterocycles. The molecule has 1 heterocycles. The highest BCUT2D eigenvalue weighted by atomic mass is 79.9. The van der Waals surface area contributed by atoms with Crippen molar-refractivity contribution in [1.29, 1.82) is 0 Å². The van der Waals surface area contributed by atoms with Gasteiger partial charge in [0.15, 0.2) is 9.84 Å². The number of aliphatic hydroxyl groups is 1. The van der Waals surface area contributed by atoms with Crippen molar-refractivity contribution < 1.29 is 13.5 Å². The van der Waals surface area contributed by atoms with Crippen molar-refractivity contribution in [3.05, 3.63) is 34.3 Å². The number of nitrogens with zero attached hydrogens (tertiary/aromatic N) is 1. The Balaban J connectivity index is 2.09. The molecule has 1 N–H and O–H groups in total. The van der Waals surface area contributed by atoms with E-state index in [9.17, 15) is 13.5 Å². The van der Waals surface area contributed by atoms with E-state index in [-0.39, 0.29) is 11.5 Å². The molecule has 1 aromatic rings. The Hall–Kier alpha value is -0.720. The smallest absolute Gasteiger partial charge is 0.155 e. The van der Waals surface area contributed by atoms with Crippen LogP contribution in [0.25, 0.3) is 0 Å². The van der Waals surface area contributed by atoms with Gasteiger partial charge < -0.3 is 5.11 Å². The van der Waals surface area contributed by atoms with Crippen LogP contribution in [0.5, 0.6) is 0 Å². The Morgan fingerprint density at radius 2 is 1.94 bits per heavy atom. The molecule has 1 saturated heterocycles. The Morgan fingerprint density at radius 1 is 1.29 bits per heavy atom. The molecule has 1 fully saturated rings. The third kappa shape index (κ3) is 3.37. The quantitative estimate of drug-likeness (QED) is 0.828. The third-order valence-electron chi connectivity index (χ3n) is 2.58. The van der Waals surface area contributed by atoms with Gasteiger partial charge in [-0.25, -0.2) is 8.42 Å². The van der Waals surface area contributed by atoms with Gasteiger partial charge in [0.1, 0.15) is 0 Å². The number of aliphatic imine (C=N–C) groups is 1. The van der Waals surface area contributed by atoms with E-state index in [0.717, 1.165) is 10.0 Å². The standard InChI is InChI=1S/C11H12BrNO3S/c12-9-3-1-8(2-4-9)5-13-10-6-17(15,16)7-11(10)14/h1-5,10-11,14H,6-7H2. The maximum Gasteiger partial charge on any atom is 0.155 e. The number of sulfone groups is 1. The molecule has 2 atom stereocenters. The molecule has 17 heavy (non-hydrogen) atoms. The highest BCUT2D eigenvalue weighted by Crippen LogP contribution is 2.16. The van der Waals surface area contributed by atoms with E-state index in [2.05, 4.69) is 20.9 Å². The number of aliphatic hydroxyl groups excluding tert-OH is 1. The molecule has 6 heteroatoms. The van der Waals surface area contributed by atoms with Gasteiger partial charge in [-0.3, -0.25) is 4.99 Å². The maximum atomic E-state index is 11.3. The van der Waals surface area contributed by atoms with Crippen molar-refractivity contribution in [3.8, 4) is 0 Å². The zero-order chi connectivity index (χ0) is 12.5. The summed E-state index contributed by atoms with van der Waals surface area (Å²) in [5.74, 6) is -0.253. The van der Waals surface area contributed by atoms with Crippen LogP contribution in [-0.4, -0.2) is 43.4 Å². The highest BCUT2D eigenvalue weighted by Gasteiger charge is 2.35. The van der Waals surface area contributed by atoms with Crippen LogP contribution in [0.3, 0.4) is 0 Å². The summed E-state index contributed by atoms with van der Waals surface area (Å²) in [7, 11) is -3.13. The van der Waals surface area contributed by atoms with Crippen LogP contribution in [0, 0.1) is 0 Å². The fourth-order valence-corrected chi connectivity index (χ4v) is 3.66. The zero-order valence-electron chi connectivity index (χ0n) is 8.95. The largest absolute Gasteiger partial charge is 0.390 e. The summed E-state index contributed by atoms with van der Waals surface area (Å²) in [6, 6.07) is 6.95. The molecule has 2 rings (SSSR count). The van der Waals surface area contributed by atoms with E-state index in [0.29, 0.717) is 0 Å². The van der Waals surface area contributed by atoms with Crippen LogP contribution in [-0.2, 0) is 9.84 Å². The first kappa shape index (κ1) is 12.7. The number of benzene rings is 1. The highest BCUT2D eigenvalue weighted by molar-refractivity contribution is 9.10. The summed E-state index contributed by atoms with van der Waals surface area (Å²) in [6.45, 7) is 0. The zero-order valence-corrected chi connectivity index (χ0v) is 11.4. The Kier molecular flexibility index (Phi) is 3.65. The summed E-state index contributed by atoms with van der Waals surface area (Å²) in [5.41, 5.74) is 0.879. The minimum atomic E-state index is -3.13. The second-order valence-corrected chi connectivity index (χ2v) is 7.11. The molecule has 0 aliphatic carbocycles. The van der Waals surface area contributed by atoms with Gasteiger partial charge in [-0.2, -0.15) is 0 Å². The van der Waals surface area contributed by atoms with Crippen LogP contribution in [0.15, 0.2) is 33.7 Å². The lowest BCUT2D eigenvalue weighted by Crippen LogP contribution is -2.21. The molecule has 0 spiro atoms. The van der Waals surface area contributed by atoms with Crippen LogP contribution in [0.4, 0.5) is 0 Å². The fraction of sp³-hybridized carbons (Fsp3) is 0.364. The molecule has 1 aromatic carbocycles. The molecule has 2 unspecified atom stereocenters. The summed E-state index contributed by atoms with van der Waals surface area (Å²) >= 11 is 3.32. The minimum Gasteiger partial charge on any atom is -0.390 e. The van der Waals surface area contributed by atoms with E-state index in [1.807, 2.05) is 24.3 Å². The lowest BCUT2D eigenvalue weighted by atomic mass is 10.2. The maximum absolute atomic E-state index is 11.3. The molecule has 0 saturated carbocycles. The van der Waals surface area contributed by atoms with Gasteiger partial charge in [0.05, 0.1) is 23.7 Å². The molecule has 0 aromatic heterocycles. The third-order valence-corrected chi connectivity index (χ3v) is 4.81. The molecule has 0 amide bonds. The molecule has 92 valence electrons. The first-order chi connectivity index (χ1) is 7.96. The SMILES string of the molecule is O=S1(=O)CC(O)C(N=Cc2ccc(Br)cc2)C1. The molecule has 0 bridgehead atoms. The fourth-order valence-electron chi connectivity index (χ4n) is 1.68. The second-order valence-electron chi connectivity index (χ2n) is 4.04. The van der Waals surface area contributed by atoms with Crippen molar-refractivity contribution >= 4 is 32.0 Å². The van der Waals surface area contributed by atoms with Crippen LogP contribution in [0.2, 0.25) is 0 Å². The predicted molar refractivity (Wildman–Crippen MR) is 70.2 cm³/mol. The Morgan fingerprint density at radius 3 is 2.47 bits per heavy atom. The van der Waals surface area contributed by atoms with Crippen LogP contribution < -0.4 is 0 Å².